The van der Waals surface area contributed by atoms with Crippen molar-refractivity contribution in [3.8, 4) is 22.9 Å². The van der Waals surface area contributed by atoms with Crippen LogP contribution in [0.4, 0.5) is 0 Å². The predicted octanol–water partition coefficient (Wildman–Crippen LogP) is 5.77. The van der Waals surface area contributed by atoms with Crippen LogP contribution in [0, 0.1) is 0 Å². The first-order valence-corrected chi connectivity index (χ1v) is 11.2. The summed E-state index contributed by atoms with van der Waals surface area (Å²) in [4.78, 5) is 20.6. The molecule has 1 heterocycles. The lowest BCUT2D eigenvalue weighted by molar-refractivity contribution is -0.134. The van der Waals surface area contributed by atoms with Gasteiger partial charge in [0.2, 0.25) is 0 Å². The van der Waals surface area contributed by atoms with Crippen molar-refractivity contribution in [2.75, 3.05) is 19.8 Å². The molecule has 6 nitrogen and oxygen atoms in total. The highest BCUT2D eigenvalue weighted by atomic mass is 16.5. The Hall–Kier alpha value is -2.73. The first-order valence-electron chi connectivity index (χ1n) is 11.2. The second-order valence-electron chi connectivity index (χ2n) is 7.21. The number of hydrogen-bond donors (Lipinski definition) is 0. The van der Waals surface area contributed by atoms with Crippen LogP contribution in [0.2, 0.25) is 0 Å². The predicted molar refractivity (Wildman–Crippen MR) is 122 cm³/mol. The van der Waals surface area contributed by atoms with E-state index >= 15 is 0 Å². The van der Waals surface area contributed by atoms with Crippen molar-refractivity contribution in [3.05, 3.63) is 48.8 Å². The molecule has 0 N–H and O–H groups in total. The molecular weight excluding hydrogens is 392 g/mol. The van der Waals surface area contributed by atoms with Gasteiger partial charge in [-0.05, 0) is 56.4 Å². The van der Waals surface area contributed by atoms with Crippen LogP contribution >= 0.6 is 0 Å². The smallest absolute Gasteiger partial charge is 0.311 e. The van der Waals surface area contributed by atoms with Gasteiger partial charge in [0.15, 0.2) is 11.6 Å². The van der Waals surface area contributed by atoms with E-state index in [0.717, 1.165) is 50.9 Å². The number of carbonyl (C=O) groups is 1. The quantitative estimate of drug-likeness (QED) is 0.156. The van der Waals surface area contributed by atoms with E-state index < -0.39 is 0 Å². The van der Waals surface area contributed by atoms with Crippen LogP contribution in [0.1, 0.15) is 58.8 Å². The Morgan fingerprint density at radius 2 is 1.58 bits per heavy atom. The maximum Gasteiger partial charge on any atom is 0.311 e. The van der Waals surface area contributed by atoms with Crippen molar-refractivity contribution < 1.29 is 19.0 Å². The highest BCUT2D eigenvalue weighted by molar-refractivity contribution is 5.72. The Morgan fingerprint density at radius 1 is 0.871 bits per heavy atom. The largest absolute Gasteiger partial charge is 0.490 e. The fourth-order valence-electron chi connectivity index (χ4n) is 2.74. The zero-order chi connectivity index (χ0) is 22.2. The van der Waals surface area contributed by atoms with Crippen LogP contribution < -0.4 is 9.47 Å². The van der Waals surface area contributed by atoms with E-state index in [0.29, 0.717) is 36.8 Å². The van der Waals surface area contributed by atoms with Crippen LogP contribution in [0.15, 0.2) is 48.8 Å². The van der Waals surface area contributed by atoms with E-state index in [1.54, 1.807) is 24.5 Å². The van der Waals surface area contributed by atoms with Crippen molar-refractivity contribution in [3.63, 3.8) is 0 Å². The highest BCUT2D eigenvalue weighted by Crippen LogP contribution is 2.21. The van der Waals surface area contributed by atoms with E-state index in [9.17, 15) is 4.79 Å². The van der Waals surface area contributed by atoms with Gasteiger partial charge in [-0.2, -0.15) is 0 Å². The van der Waals surface area contributed by atoms with Gasteiger partial charge >= 0.3 is 5.97 Å². The molecule has 0 aliphatic carbocycles. The topological polar surface area (TPSA) is 70.5 Å². The van der Waals surface area contributed by atoms with E-state index in [1.165, 1.54) is 0 Å². The number of aromatic nitrogens is 2. The first-order chi connectivity index (χ1) is 15.2. The van der Waals surface area contributed by atoms with Gasteiger partial charge in [0.05, 0.1) is 19.0 Å². The van der Waals surface area contributed by atoms with Crippen molar-refractivity contribution in [1.29, 1.82) is 0 Å². The molecule has 2 aromatic rings. The summed E-state index contributed by atoms with van der Waals surface area (Å²) in [5.41, 5.74) is 0.849. The minimum atomic E-state index is -0.233. The molecule has 0 radical (unpaired) electrons. The van der Waals surface area contributed by atoms with Crippen molar-refractivity contribution in [1.82, 2.24) is 9.97 Å². The molecule has 0 aliphatic heterocycles. The molecule has 0 bridgehead atoms. The monoisotopic (exact) mass is 426 g/mol. The van der Waals surface area contributed by atoms with Crippen molar-refractivity contribution in [2.24, 2.45) is 0 Å². The van der Waals surface area contributed by atoms with Crippen molar-refractivity contribution >= 4 is 5.97 Å². The van der Waals surface area contributed by atoms with E-state index in [2.05, 4.69) is 29.9 Å². The number of allylic oxidation sites excluding steroid dienone is 2. The van der Waals surface area contributed by atoms with Gasteiger partial charge in [0.25, 0.3) is 0 Å². The third kappa shape index (κ3) is 10.2. The third-order valence-corrected chi connectivity index (χ3v) is 4.41. The number of ether oxygens (including phenoxy) is 3. The number of carbonyl (C=O) groups excluding carboxylic acids is 1. The number of unbranched alkanes of at least 4 members (excludes halogenated alkanes) is 2. The van der Waals surface area contributed by atoms with E-state index in [4.69, 9.17) is 14.2 Å². The summed E-state index contributed by atoms with van der Waals surface area (Å²) < 4.78 is 16.5. The normalized spacial score (nSPS) is 11.0. The summed E-state index contributed by atoms with van der Waals surface area (Å²) in [6.45, 7) is 6.44. The fraction of sp³-hybridized carbons (Fsp3) is 0.480. The highest BCUT2D eigenvalue weighted by Gasteiger charge is 2.06. The lowest BCUT2D eigenvalue weighted by Crippen LogP contribution is -2.06. The zero-order valence-electron chi connectivity index (χ0n) is 18.7. The zero-order valence-corrected chi connectivity index (χ0v) is 18.7. The van der Waals surface area contributed by atoms with E-state index in [1.807, 2.05) is 18.2 Å². The Balaban J connectivity index is 1.73. The van der Waals surface area contributed by atoms with Crippen LogP contribution in [0.25, 0.3) is 11.4 Å². The minimum absolute atomic E-state index is 0.233. The third-order valence-electron chi connectivity index (χ3n) is 4.41. The Labute approximate surface area is 185 Å². The van der Waals surface area contributed by atoms with Gasteiger partial charge in [0, 0.05) is 25.2 Å². The second kappa shape index (κ2) is 15.1. The maximum atomic E-state index is 11.9. The summed E-state index contributed by atoms with van der Waals surface area (Å²) in [5.74, 6) is 1.54. The minimum Gasteiger partial charge on any atom is -0.490 e. The first kappa shape index (κ1) is 24.5. The molecule has 0 atom stereocenters. The number of hydrogen-bond acceptors (Lipinski definition) is 6. The molecule has 1 aromatic carbocycles. The SMILES string of the molecule is CCC/C=C/CCC(=O)Oc1ccc(-c2ncc(OCCCCOCCC)cn2)cc1. The van der Waals surface area contributed by atoms with Gasteiger partial charge in [0.1, 0.15) is 5.75 Å². The molecule has 0 unspecified atom stereocenters. The summed E-state index contributed by atoms with van der Waals surface area (Å²) in [6, 6.07) is 7.20. The van der Waals surface area contributed by atoms with Gasteiger partial charge in [-0.25, -0.2) is 9.97 Å². The summed E-state index contributed by atoms with van der Waals surface area (Å²) in [6.07, 6.45) is 13.7. The average Bonchev–Trinajstić information content (AvgIpc) is 2.79. The van der Waals surface area contributed by atoms with Crippen molar-refractivity contribution in [2.45, 2.75) is 58.8 Å². The molecule has 0 amide bonds. The Bertz CT molecular complexity index is 773. The molecule has 6 heteroatoms. The molecule has 0 fully saturated rings. The molecule has 31 heavy (non-hydrogen) atoms. The Kier molecular flexibility index (Phi) is 12.0. The fourth-order valence-corrected chi connectivity index (χ4v) is 2.74. The average molecular weight is 427 g/mol. The standard InChI is InChI=1S/C25H34N2O4/c1-3-5-6-7-8-11-24(28)31-22-14-12-21(13-15-22)25-26-19-23(20-27-25)30-18-10-9-17-29-16-4-2/h6-7,12-15,19-20H,3-5,8-11,16-18H2,1-2H3/b7-6+. The van der Waals surface area contributed by atoms with Crippen LogP contribution in [0.5, 0.6) is 11.5 Å². The lowest BCUT2D eigenvalue weighted by Gasteiger charge is -2.07. The molecule has 0 spiro atoms. The number of benzene rings is 1. The summed E-state index contributed by atoms with van der Waals surface area (Å²) >= 11 is 0. The summed E-state index contributed by atoms with van der Waals surface area (Å²) in [7, 11) is 0. The molecule has 1 aromatic heterocycles. The number of esters is 1. The molecular formula is C25H34N2O4. The van der Waals surface area contributed by atoms with Gasteiger partial charge < -0.3 is 14.2 Å². The van der Waals surface area contributed by atoms with Gasteiger partial charge in [-0.3, -0.25) is 4.79 Å². The maximum absolute atomic E-state index is 11.9. The second-order valence-corrected chi connectivity index (χ2v) is 7.21. The lowest BCUT2D eigenvalue weighted by atomic mass is 10.2. The molecule has 0 saturated carbocycles. The van der Waals surface area contributed by atoms with Crippen LogP contribution in [0.3, 0.4) is 0 Å². The van der Waals surface area contributed by atoms with Crippen LogP contribution in [-0.2, 0) is 9.53 Å². The van der Waals surface area contributed by atoms with Gasteiger partial charge in [-0.1, -0.05) is 32.4 Å². The number of rotatable bonds is 15. The molecule has 0 saturated heterocycles. The van der Waals surface area contributed by atoms with Gasteiger partial charge in [-0.15, -0.1) is 0 Å². The molecule has 2 rings (SSSR count). The molecule has 168 valence electrons. The Morgan fingerprint density at radius 3 is 2.29 bits per heavy atom. The summed E-state index contributed by atoms with van der Waals surface area (Å²) in [5, 5.41) is 0. The number of nitrogens with zero attached hydrogens (tertiary/aromatic N) is 2. The van der Waals surface area contributed by atoms with E-state index in [-0.39, 0.29) is 5.97 Å². The van der Waals surface area contributed by atoms with Crippen LogP contribution in [-0.4, -0.2) is 35.8 Å². The molecule has 0 aliphatic rings.